The van der Waals surface area contributed by atoms with E-state index in [2.05, 4.69) is 0 Å². The molecule has 0 aliphatic heterocycles. The van der Waals surface area contributed by atoms with Crippen LogP contribution in [0.5, 0.6) is 11.5 Å². The number of carbonyl (C=O) groups is 1. The zero-order chi connectivity index (χ0) is 11.0. The average Bonchev–Trinajstić information content (AvgIpc) is 2.20. The fourth-order valence-electron chi connectivity index (χ4n) is 0.768. The van der Waals surface area contributed by atoms with E-state index in [-0.39, 0.29) is 5.75 Å². The molecule has 0 aliphatic carbocycles. The van der Waals surface area contributed by atoms with Crippen molar-refractivity contribution in [3.05, 3.63) is 23.8 Å². The van der Waals surface area contributed by atoms with Gasteiger partial charge in [0.15, 0.2) is 11.5 Å². The number of ether oxygens (including phenoxy) is 1. The summed E-state index contributed by atoms with van der Waals surface area (Å²) in [6, 6.07) is 4.41. The fraction of sp³-hybridized carbons (Fsp3) is 0.111. The Morgan fingerprint density at radius 2 is 2.14 bits per heavy atom. The predicted octanol–water partition coefficient (Wildman–Crippen LogP) is 1.11. The van der Waals surface area contributed by atoms with Crippen LogP contribution in [0.4, 0.5) is 0 Å². The largest absolute Gasteiger partial charge is 0.504 e. The molecular weight excluding hydrogens is 186 g/mol. The lowest BCUT2D eigenvalue weighted by molar-refractivity contribution is 0.112. The van der Waals surface area contributed by atoms with Crippen LogP contribution in [0.2, 0.25) is 0 Å². The molecule has 0 fully saturated rings. The second kappa shape index (κ2) is 6.39. The third-order valence-corrected chi connectivity index (χ3v) is 1.34. The van der Waals surface area contributed by atoms with E-state index in [1.165, 1.54) is 25.3 Å². The maximum Gasteiger partial charge on any atom is 0.231 e. The zero-order valence-electron chi connectivity index (χ0n) is 7.48. The van der Waals surface area contributed by atoms with Crippen molar-refractivity contribution in [2.75, 3.05) is 7.11 Å². The topological polar surface area (TPSA) is 87.4 Å². The molecule has 1 aromatic carbocycles. The van der Waals surface area contributed by atoms with Gasteiger partial charge in [0.05, 0.1) is 7.11 Å². The SMILES string of the molecule is COc1cc(C=O)ccc1O.N=C=O. The van der Waals surface area contributed by atoms with Crippen LogP contribution in [0.15, 0.2) is 18.2 Å². The van der Waals surface area contributed by atoms with Crippen LogP contribution in [0.25, 0.3) is 0 Å². The Bertz CT molecular complexity index is 343. The number of benzene rings is 1. The molecule has 1 aromatic rings. The van der Waals surface area contributed by atoms with Gasteiger partial charge in [-0.05, 0) is 18.2 Å². The Labute approximate surface area is 80.4 Å². The molecule has 74 valence electrons. The smallest absolute Gasteiger partial charge is 0.231 e. The van der Waals surface area contributed by atoms with Gasteiger partial charge < -0.3 is 9.84 Å². The molecule has 0 radical (unpaired) electrons. The van der Waals surface area contributed by atoms with Crippen LogP contribution in [0, 0.1) is 5.41 Å². The quantitative estimate of drug-likeness (QED) is 0.420. The van der Waals surface area contributed by atoms with Crippen LogP contribution < -0.4 is 4.74 Å². The number of hydrogen-bond donors (Lipinski definition) is 2. The molecule has 0 atom stereocenters. The molecule has 0 saturated carbocycles. The second-order valence-electron chi connectivity index (χ2n) is 2.15. The molecule has 0 amide bonds. The van der Waals surface area contributed by atoms with E-state index in [1.54, 1.807) is 0 Å². The van der Waals surface area contributed by atoms with E-state index >= 15 is 0 Å². The Morgan fingerprint density at radius 3 is 2.57 bits per heavy atom. The third kappa shape index (κ3) is 3.51. The highest BCUT2D eigenvalue weighted by Crippen LogP contribution is 2.25. The molecule has 0 aliphatic rings. The summed E-state index contributed by atoms with van der Waals surface area (Å²) in [5.41, 5.74) is 0.486. The first-order valence-corrected chi connectivity index (χ1v) is 3.55. The van der Waals surface area contributed by atoms with E-state index in [1.807, 2.05) is 0 Å². The van der Waals surface area contributed by atoms with Gasteiger partial charge >= 0.3 is 0 Å². The second-order valence-corrected chi connectivity index (χ2v) is 2.15. The molecule has 1 rings (SSSR count). The van der Waals surface area contributed by atoms with Crippen LogP contribution in [0.1, 0.15) is 10.4 Å². The van der Waals surface area contributed by atoms with Crippen molar-refractivity contribution in [3.63, 3.8) is 0 Å². The van der Waals surface area contributed by atoms with Gasteiger partial charge in [0, 0.05) is 5.56 Å². The summed E-state index contributed by atoms with van der Waals surface area (Å²) in [4.78, 5) is 18.6. The van der Waals surface area contributed by atoms with Gasteiger partial charge in [-0.15, -0.1) is 0 Å². The normalized spacial score (nSPS) is 7.79. The number of isocyanates is 1. The highest BCUT2D eigenvalue weighted by atomic mass is 16.5. The molecule has 0 aromatic heterocycles. The van der Waals surface area contributed by atoms with Crippen molar-refractivity contribution in [3.8, 4) is 11.5 Å². The fourth-order valence-corrected chi connectivity index (χ4v) is 0.768. The minimum Gasteiger partial charge on any atom is -0.504 e. The Balaban J connectivity index is 0.000000500. The number of hydrogen-bond acceptors (Lipinski definition) is 5. The summed E-state index contributed by atoms with van der Waals surface area (Å²) in [5, 5.41) is 14.5. The first kappa shape index (κ1) is 11.9. The summed E-state index contributed by atoms with van der Waals surface area (Å²) in [6.07, 6.45) is 1.45. The van der Waals surface area contributed by atoms with E-state index < -0.39 is 0 Å². The molecule has 0 saturated heterocycles. The average molecular weight is 195 g/mol. The molecule has 0 unspecified atom stereocenters. The monoisotopic (exact) mass is 195 g/mol. The van der Waals surface area contributed by atoms with Crippen LogP contribution in [0.3, 0.4) is 0 Å². The highest BCUT2D eigenvalue weighted by Gasteiger charge is 2.00. The summed E-state index contributed by atoms with van der Waals surface area (Å²) >= 11 is 0. The number of aldehydes is 1. The first-order valence-electron chi connectivity index (χ1n) is 3.55. The Morgan fingerprint density at radius 1 is 1.57 bits per heavy atom. The van der Waals surface area contributed by atoms with Gasteiger partial charge in [-0.25, -0.2) is 10.2 Å². The number of phenolic OH excluding ortho intramolecular Hbond substituents is 1. The van der Waals surface area contributed by atoms with Crippen LogP contribution >= 0.6 is 0 Å². The van der Waals surface area contributed by atoms with Crippen LogP contribution in [-0.4, -0.2) is 24.6 Å². The number of carbonyl (C=O) groups excluding carboxylic acids is 2. The number of phenols is 1. The third-order valence-electron chi connectivity index (χ3n) is 1.34. The maximum absolute atomic E-state index is 10.2. The molecule has 0 spiro atoms. The van der Waals surface area contributed by atoms with Crippen molar-refractivity contribution in [1.29, 1.82) is 5.41 Å². The number of aromatic hydroxyl groups is 1. The van der Waals surface area contributed by atoms with E-state index in [4.69, 9.17) is 20.0 Å². The van der Waals surface area contributed by atoms with Gasteiger partial charge in [0.25, 0.3) is 0 Å². The lowest BCUT2D eigenvalue weighted by atomic mass is 10.2. The van der Waals surface area contributed by atoms with Gasteiger partial charge in [-0.2, -0.15) is 0 Å². The van der Waals surface area contributed by atoms with Gasteiger partial charge in [0.2, 0.25) is 6.08 Å². The number of nitrogens with one attached hydrogen (secondary N) is 1. The van der Waals surface area contributed by atoms with Crippen molar-refractivity contribution in [1.82, 2.24) is 0 Å². The Kier molecular flexibility index (Phi) is 5.42. The van der Waals surface area contributed by atoms with Gasteiger partial charge in [0.1, 0.15) is 6.29 Å². The predicted molar refractivity (Wildman–Crippen MR) is 48.5 cm³/mol. The number of methoxy groups -OCH3 is 1. The van der Waals surface area contributed by atoms with E-state index in [0.717, 1.165) is 6.08 Å². The van der Waals surface area contributed by atoms with Crippen LogP contribution in [-0.2, 0) is 4.79 Å². The summed E-state index contributed by atoms with van der Waals surface area (Å²) in [7, 11) is 1.43. The summed E-state index contributed by atoms with van der Waals surface area (Å²) in [6.45, 7) is 0. The summed E-state index contributed by atoms with van der Waals surface area (Å²) in [5.74, 6) is 0.354. The zero-order valence-corrected chi connectivity index (χ0v) is 7.48. The number of rotatable bonds is 2. The molecule has 5 heteroatoms. The molecule has 5 nitrogen and oxygen atoms in total. The van der Waals surface area contributed by atoms with Gasteiger partial charge in [-0.3, -0.25) is 4.79 Å². The molecule has 0 bridgehead atoms. The summed E-state index contributed by atoms with van der Waals surface area (Å²) < 4.78 is 4.78. The maximum atomic E-state index is 10.2. The highest BCUT2D eigenvalue weighted by molar-refractivity contribution is 5.76. The Hall–Kier alpha value is -2.13. The van der Waals surface area contributed by atoms with Crippen molar-refractivity contribution in [2.24, 2.45) is 0 Å². The van der Waals surface area contributed by atoms with E-state index in [9.17, 15) is 4.79 Å². The standard InChI is InChI=1S/C8H8O3.CHNO/c1-11-8-4-6(5-9)2-3-7(8)10;2-1-3/h2-5,10H,1H3;2H. The lowest BCUT2D eigenvalue weighted by Gasteiger charge is -2.01. The van der Waals surface area contributed by atoms with E-state index in [0.29, 0.717) is 17.6 Å². The minimum absolute atomic E-state index is 0.0399. The van der Waals surface area contributed by atoms with Crippen molar-refractivity contribution < 1.29 is 19.4 Å². The van der Waals surface area contributed by atoms with Crippen molar-refractivity contribution >= 4 is 12.4 Å². The van der Waals surface area contributed by atoms with Crippen molar-refractivity contribution in [2.45, 2.75) is 0 Å². The molecule has 14 heavy (non-hydrogen) atoms. The molecule has 0 heterocycles. The molecule has 2 N–H and O–H groups in total. The lowest BCUT2D eigenvalue weighted by Crippen LogP contribution is -1.85. The minimum atomic E-state index is 0.0399. The molecular formula is C9H9NO4. The first-order chi connectivity index (χ1) is 6.69. The van der Waals surface area contributed by atoms with Gasteiger partial charge in [-0.1, -0.05) is 0 Å².